The maximum Gasteiger partial charge on any atom is 0.389 e. The molecule has 0 saturated carbocycles. The van der Waals surface area contributed by atoms with Gasteiger partial charge in [-0.3, -0.25) is 4.79 Å². The number of hydrogen-bond donors (Lipinski definition) is 0. The van der Waals surface area contributed by atoms with Gasteiger partial charge in [-0.05, 0) is 19.8 Å². The first-order valence-electron chi connectivity index (χ1n) is 10.2. The lowest BCUT2D eigenvalue weighted by atomic mass is 10.0. The van der Waals surface area contributed by atoms with E-state index in [0.29, 0.717) is 19.4 Å². The van der Waals surface area contributed by atoms with Crippen LogP contribution in [0.1, 0.15) is 110 Å². The van der Waals surface area contributed by atoms with Crippen LogP contribution < -0.4 is 0 Å². The maximum atomic E-state index is 12.0. The van der Waals surface area contributed by atoms with Gasteiger partial charge in [0.05, 0.1) is 6.61 Å². The summed E-state index contributed by atoms with van der Waals surface area (Å²) in [5, 5.41) is 0. The maximum absolute atomic E-state index is 12.0. The van der Waals surface area contributed by atoms with E-state index in [1.165, 1.54) is 44.9 Å². The van der Waals surface area contributed by atoms with Gasteiger partial charge in [0.2, 0.25) is 0 Å². The summed E-state index contributed by atoms with van der Waals surface area (Å²) in [6.45, 7) is 2.30. The molecule has 25 heavy (non-hydrogen) atoms. The van der Waals surface area contributed by atoms with Crippen LogP contribution in [0.3, 0.4) is 0 Å². The molecule has 0 aliphatic carbocycles. The number of carbonyl (C=O) groups excluding carboxylic acids is 1. The molecular formula is C20H37F3O2. The molecule has 0 aliphatic rings. The molecule has 5 heteroatoms. The summed E-state index contributed by atoms with van der Waals surface area (Å²) in [6, 6.07) is 0. The molecule has 0 aromatic heterocycles. The topological polar surface area (TPSA) is 26.3 Å². The second-order valence-electron chi connectivity index (χ2n) is 6.87. The van der Waals surface area contributed by atoms with Crippen LogP contribution in [0.4, 0.5) is 13.2 Å². The average molecular weight is 367 g/mol. The molecule has 0 aromatic rings. The van der Waals surface area contributed by atoms with Crippen molar-refractivity contribution in [3.05, 3.63) is 0 Å². The highest BCUT2D eigenvalue weighted by molar-refractivity contribution is 5.69. The fourth-order valence-corrected chi connectivity index (χ4v) is 2.95. The number of halogens is 3. The minimum atomic E-state index is -3.99. The molecule has 0 aliphatic heterocycles. The van der Waals surface area contributed by atoms with E-state index < -0.39 is 12.6 Å². The molecule has 0 bridgehead atoms. The van der Waals surface area contributed by atoms with Crippen LogP contribution >= 0.6 is 0 Å². The van der Waals surface area contributed by atoms with Crippen LogP contribution in [0.25, 0.3) is 0 Å². The molecule has 0 fully saturated rings. The van der Waals surface area contributed by atoms with Gasteiger partial charge in [-0.2, -0.15) is 13.2 Å². The summed E-state index contributed by atoms with van der Waals surface area (Å²) >= 11 is 0. The molecule has 150 valence electrons. The number of rotatable bonds is 17. The number of alkyl halides is 3. The van der Waals surface area contributed by atoms with Crippen molar-refractivity contribution in [2.24, 2.45) is 0 Å². The Bertz CT molecular complexity index is 304. The minimum Gasteiger partial charge on any atom is -0.466 e. The van der Waals surface area contributed by atoms with Crippen LogP contribution in [0, 0.1) is 0 Å². The molecule has 0 heterocycles. The Morgan fingerprint density at radius 1 is 0.680 bits per heavy atom. The van der Waals surface area contributed by atoms with E-state index in [-0.39, 0.29) is 12.4 Å². The monoisotopic (exact) mass is 366 g/mol. The van der Waals surface area contributed by atoms with Crippen molar-refractivity contribution in [1.82, 2.24) is 0 Å². The first-order valence-corrected chi connectivity index (χ1v) is 10.2. The lowest BCUT2D eigenvalue weighted by molar-refractivity contribution is -0.143. The number of unbranched alkanes of at least 4 members (excludes halogenated alkanes) is 13. The van der Waals surface area contributed by atoms with Crippen LogP contribution in [-0.4, -0.2) is 18.8 Å². The zero-order valence-electron chi connectivity index (χ0n) is 16.0. The van der Waals surface area contributed by atoms with Gasteiger partial charge in [0, 0.05) is 12.8 Å². The molecule has 0 spiro atoms. The first-order chi connectivity index (χ1) is 12.0. The minimum absolute atomic E-state index is 0.0807. The third-order valence-corrected chi connectivity index (χ3v) is 4.40. The molecule has 0 amide bonds. The normalized spacial score (nSPS) is 11.7. The van der Waals surface area contributed by atoms with Crippen LogP contribution in [0.5, 0.6) is 0 Å². The highest BCUT2D eigenvalue weighted by Crippen LogP contribution is 2.23. The smallest absolute Gasteiger partial charge is 0.389 e. The Balaban J connectivity index is 3.09. The number of esters is 1. The van der Waals surface area contributed by atoms with Gasteiger partial charge >= 0.3 is 12.1 Å². The Morgan fingerprint density at radius 3 is 1.40 bits per heavy atom. The molecule has 0 N–H and O–H groups in total. The molecule has 0 atom stereocenters. The Morgan fingerprint density at radius 2 is 1.04 bits per heavy atom. The molecule has 0 radical (unpaired) electrons. The molecule has 0 saturated heterocycles. The van der Waals surface area contributed by atoms with Gasteiger partial charge in [-0.25, -0.2) is 0 Å². The van der Waals surface area contributed by atoms with Gasteiger partial charge in [0.1, 0.15) is 0 Å². The molecule has 0 rings (SSSR count). The van der Waals surface area contributed by atoms with Gasteiger partial charge in [-0.1, -0.05) is 77.0 Å². The lowest BCUT2D eigenvalue weighted by Crippen LogP contribution is -2.06. The quantitative estimate of drug-likeness (QED) is 0.199. The predicted octanol–water partition coefficient (Wildman–Crippen LogP) is 7.35. The molecule has 2 nitrogen and oxygen atoms in total. The third kappa shape index (κ3) is 21.2. The van der Waals surface area contributed by atoms with Gasteiger partial charge in [0.25, 0.3) is 0 Å². The SMILES string of the molecule is CCOC(=O)CCCCCCCCCCCCCCCCC(F)(F)F. The van der Waals surface area contributed by atoms with E-state index in [9.17, 15) is 18.0 Å². The van der Waals surface area contributed by atoms with Crippen LogP contribution in [-0.2, 0) is 9.53 Å². The van der Waals surface area contributed by atoms with Crippen molar-refractivity contribution in [2.75, 3.05) is 6.61 Å². The zero-order chi connectivity index (χ0) is 18.8. The van der Waals surface area contributed by atoms with Gasteiger partial charge in [-0.15, -0.1) is 0 Å². The fourth-order valence-electron chi connectivity index (χ4n) is 2.95. The summed E-state index contributed by atoms with van der Waals surface area (Å²) in [5.74, 6) is -0.0807. The summed E-state index contributed by atoms with van der Waals surface area (Å²) in [4.78, 5) is 11.1. The number of carbonyl (C=O) groups is 1. The van der Waals surface area contributed by atoms with Crippen molar-refractivity contribution in [2.45, 2.75) is 116 Å². The zero-order valence-corrected chi connectivity index (χ0v) is 16.0. The Hall–Kier alpha value is -0.740. The average Bonchev–Trinajstić information content (AvgIpc) is 2.53. The van der Waals surface area contributed by atoms with E-state index in [4.69, 9.17) is 4.74 Å². The van der Waals surface area contributed by atoms with Gasteiger partial charge in [0.15, 0.2) is 0 Å². The standard InChI is InChI=1S/C20H37F3O2/c1-2-25-19(24)17-15-13-11-9-7-5-3-4-6-8-10-12-14-16-18-20(21,22)23/h2-18H2,1H3. The first kappa shape index (κ1) is 24.3. The van der Waals surface area contributed by atoms with E-state index in [1.54, 1.807) is 0 Å². The highest BCUT2D eigenvalue weighted by Gasteiger charge is 2.25. The second kappa shape index (κ2) is 16.7. The summed E-state index contributed by atoms with van der Waals surface area (Å²) in [5.41, 5.74) is 0. The Labute approximate surface area is 151 Å². The van der Waals surface area contributed by atoms with Crippen molar-refractivity contribution in [3.8, 4) is 0 Å². The summed E-state index contributed by atoms with van der Waals surface area (Å²) < 4.78 is 40.8. The summed E-state index contributed by atoms with van der Waals surface area (Å²) in [7, 11) is 0. The van der Waals surface area contributed by atoms with Crippen molar-refractivity contribution in [3.63, 3.8) is 0 Å². The lowest BCUT2D eigenvalue weighted by Gasteiger charge is -2.05. The van der Waals surface area contributed by atoms with E-state index in [0.717, 1.165) is 32.1 Å². The molecular weight excluding hydrogens is 329 g/mol. The van der Waals surface area contributed by atoms with E-state index in [1.807, 2.05) is 6.92 Å². The van der Waals surface area contributed by atoms with Crippen LogP contribution in [0.15, 0.2) is 0 Å². The fraction of sp³-hybridized carbons (Fsp3) is 0.950. The largest absolute Gasteiger partial charge is 0.466 e. The second-order valence-corrected chi connectivity index (χ2v) is 6.87. The highest BCUT2D eigenvalue weighted by atomic mass is 19.4. The van der Waals surface area contributed by atoms with Crippen molar-refractivity contribution in [1.29, 1.82) is 0 Å². The third-order valence-electron chi connectivity index (χ3n) is 4.40. The van der Waals surface area contributed by atoms with Gasteiger partial charge < -0.3 is 4.74 Å². The number of ether oxygens (including phenoxy) is 1. The summed E-state index contributed by atoms with van der Waals surface area (Å²) in [6.07, 6.45) is 10.8. The molecule has 0 unspecified atom stereocenters. The van der Waals surface area contributed by atoms with E-state index in [2.05, 4.69) is 0 Å². The number of hydrogen-bond acceptors (Lipinski definition) is 2. The predicted molar refractivity (Wildman–Crippen MR) is 96.6 cm³/mol. The van der Waals surface area contributed by atoms with E-state index >= 15 is 0 Å². The Kier molecular flexibility index (Phi) is 16.2. The van der Waals surface area contributed by atoms with Crippen molar-refractivity contribution >= 4 is 5.97 Å². The van der Waals surface area contributed by atoms with Crippen LogP contribution in [0.2, 0.25) is 0 Å². The van der Waals surface area contributed by atoms with Crippen molar-refractivity contribution < 1.29 is 22.7 Å². The molecule has 0 aromatic carbocycles.